The standard InChI is InChI=1S/C37H35F3N6O4/c1-19(37(38,39)40)15-25-31(49)45-27(29(47)41-25)17-35(21-11-5-7-13-23(21)43-33(35)45)36-18-28-30(48)42-26(16-20-9-3-2-4-10-20)32(50)46(28)34(36)44-24-14-8-6-12-22(24)36/h2-14,19,25-28,33-34,43-44H,15-18H2,1H3,(H,41,47)(H,42,48). The van der Waals surface area contributed by atoms with Crippen molar-refractivity contribution in [2.45, 2.75) is 86.1 Å². The highest BCUT2D eigenvalue weighted by Gasteiger charge is 2.78. The van der Waals surface area contributed by atoms with Crippen LogP contribution in [-0.4, -0.2) is 76.1 Å². The van der Waals surface area contributed by atoms with Gasteiger partial charge in [0.15, 0.2) is 0 Å². The van der Waals surface area contributed by atoms with Crippen LogP contribution in [0.1, 0.15) is 42.9 Å². The van der Waals surface area contributed by atoms with Gasteiger partial charge in [0, 0.05) is 17.8 Å². The number of halogens is 3. The zero-order valence-electron chi connectivity index (χ0n) is 27.0. The summed E-state index contributed by atoms with van der Waals surface area (Å²) in [4.78, 5) is 60.0. The molecule has 50 heavy (non-hydrogen) atoms. The Morgan fingerprint density at radius 1 is 0.680 bits per heavy atom. The van der Waals surface area contributed by atoms with E-state index in [4.69, 9.17) is 0 Å². The van der Waals surface area contributed by atoms with Crippen molar-refractivity contribution >= 4 is 35.0 Å². The van der Waals surface area contributed by atoms with Gasteiger partial charge in [-0.25, -0.2) is 0 Å². The summed E-state index contributed by atoms with van der Waals surface area (Å²) in [5.74, 6) is -3.43. The fourth-order valence-electron chi connectivity index (χ4n) is 10.0. The topological polar surface area (TPSA) is 123 Å². The molecule has 4 fully saturated rings. The Labute approximate surface area is 285 Å². The van der Waals surface area contributed by atoms with E-state index in [-0.39, 0.29) is 24.7 Å². The molecule has 0 aromatic heterocycles. The molecule has 4 N–H and O–H groups in total. The summed E-state index contributed by atoms with van der Waals surface area (Å²) in [6.07, 6.45) is -6.05. The van der Waals surface area contributed by atoms with Crippen molar-refractivity contribution in [3.8, 4) is 0 Å². The maximum atomic E-state index is 14.6. The Kier molecular flexibility index (Phi) is 6.48. The first kappa shape index (κ1) is 30.9. The average Bonchev–Trinajstić information content (AvgIpc) is 3.80. The number of amides is 4. The molecular formula is C37H35F3N6O4. The highest BCUT2D eigenvalue weighted by Crippen LogP contribution is 2.68. The number of nitrogens with one attached hydrogen (secondary N) is 4. The normalized spacial score (nSPS) is 34.0. The zero-order chi connectivity index (χ0) is 34.7. The Morgan fingerprint density at radius 3 is 1.66 bits per heavy atom. The summed E-state index contributed by atoms with van der Waals surface area (Å²) < 4.78 is 41.0. The lowest BCUT2D eigenvalue weighted by Crippen LogP contribution is -2.67. The molecule has 0 radical (unpaired) electrons. The number of nitrogens with zero attached hydrogens (tertiary/aromatic N) is 2. The third kappa shape index (κ3) is 3.97. The molecule has 13 heteroatoms. The predicted molar refractivity (Wildman–Crippen MR) is 175 cm³/mol. The van der Waals surface area contributed by atoms with Crippen LogP contribution in [0.15, 0.2) is 78.9 Å². The molecule has 4 amide bonds. The van der Waals surface area contributed by atoms with Gasteiger partial charge in [0.1, 0.15) is 36.5 Å². The number of alkyl halides is 3. The zero-order valence-corrected chi connectivity index (χ0v) is 27.0. The Hall–Kier alpha value is -5.07. The number of hydrogen-bond donors (Lipinski definition) is 4. The molecule has 258 valence electrons. The molecule has 0 spiro atoms. The minimum absolute atomic E-state index is 0.136. The van der Waals surface area contributed by atoms with Crippen molar-refractivity contribution in [3.05, 3.63) is 95.6 Å². The molecule has 0 saturated carbocycles. The first-order chi connectivity index (χ1) is 24.0. The minimum Gasteiger partial charge on any atom is -0.364 e. The van der Waals surface area contributed by atoms with Crippen LogP contribution in [0.2, 0.25) is 0 Å². The summed E-state index contributed by atoms with van der Waals surface area (Å²) in [6, 6.07) is 20.8. The van der Waals surface area contributed by atoms with E-state index in [9.17, 15) is 32.3 Å². The van der Waals surface area contributed by atoms with Crippen LogP contribution in [0.25, 0.3) is 0 Å². The van der Waals surface area contributed by atoms with Crippen LogP contribution in [0.5, 0.6) is 0 Å². The van der Waals surface area contributed by atoms with Gasteiger partial charge in [-0.1, -0.05) is 73.7 Å². The van der Waals surface area contributed by atoms with E-state index < -0.39 is 77.7 Å². The molecule has 3 aromatic carbocycles. The fourth-order valence-corrected chi connectivity index (χ4v) is 10.0. The molecular weight excluding hydrogens is 649 g/mol. The van der Waals surface area contributed by atoms with Crippen LogP contribution in [-0.2, 0) is 36.4 Å². The van der Waals surface area contributed by atoms with Crippen LogP contribution in [0, 0.1) is 5.92 Å². The Morgan fingerprint density at radius 2 is 1.14 bits per heavy atom. The fraction of sp³-hybridized carbons (Fsp3) is 0.405. The summed E-state index contributed by atoms with van der Waals surface area (Å²) in [5.41, 5.74) is 2.01. The van der Waals surface area contributed by atoms with Gasteiger partial charge in [0.2, 0.25) is 23.6 Å². The van der Waals surface area contributed by atoms with Gasteiger partial charge in [0.05, 0.1) is 16.7 Å². The van der Waals surface area contributed by atoms with E-state index in [1.165, 1.54) is 4.90 Å². The van der Waals surface area contributed by atoms with E-state index in [1.54, 1.807) is 4.90 Å². The van der Waals surface area contributed by atoms with E-state index in [2.05, 4.69) is 21.3 Å². The molecule has 9 rings (SSSR count). The van der Waals surface area contributed by atoms with Crippen molar-refractivity contribution in [2.24, 2.45) is 5.92 Å². The van der Waals surface area contributed by atoms with Gasteiger partial charge in [-0.2, -0.15) is 13.2 Å². The van der Waals surface area contributed by atoms with E-state index >= 15 is 0 Å². The molecule has 0 aliphatic carbocycles. The summed E-state index contributed by atoms with van der Waals surface area (Å²) >= 11 is 0. The summed E-state index contributed by atoms with van der Waals surface area (Å²) in [7, 11) is 0. The lowest BCUT2D eigenvalue weighted by molar-refractivity contribution is -0.176. The second-order valence-electron chi connectivity index (χ2n) is 14.5. The molecule has 10 nitrogen and oxygen atoms in total. The molecule has 6 aliphatic rings. The number of piperazine rings is 2. The van der Waals surface area contributed by atoms with Crippen LogP contribution < -0.4 is 21.3 Å². The predicted octanol–water partition coefficient (Wildman–Crippen LogP) is 3.40. The van der Waals surface area contributed by atoms with Crippen molar-refractivity contribution < 1.29 is 32.3 Å². The molecule has 9 atom stereocenters. The Balaban J connectivity index is 1.19. The van der Waals surface area contributed by atoms with Gasteiger partial charge >= 0.3 is 6.18 Å². The van der Waals surface area contributed by atoms with E-state index in [1.807, 2.05) is 78.9 Å². The number of carbonyl (C=O) groups is 4. The van der Waals surface area contributed by atoms with Crippen molar-refractivity contribution in [3.63, 3.8) is 0 Å². The molecule has 6 heterocycles. The number of rotatable bonds is 5. The van der Waals surface area contributed by atoms with Crippen LogP contribution in [0.3, 0.4) is 0 Å². The lowest BCUT2D eigenvalue weighted by Gasteiger charge is -2.48. The average molecular weight is 685 g/mol. The number of fused-ring (bicyclic) bond motifs is 11. The lowest BCUT2D eigenvalue weighted by atomic mass is 9.54. The van der Waals surface area contributed by atoms with Gasteiger partial charge in [-0.3, -0.25) is 19.2 Å². The summed E-state index contributed by atoms with van der Waals surface area (Å²) in [5, 5.41) is 12.8. The van der Waals surface area contributed by atoms with E-state index in [0.29, 0.717) is 6.42 Å². The Bertz CT molecular complexity index is 1960. The first-order valence-corrected chi connectivity index (χ1v) is 17.0. The van der Waals surface area contributed by atoms with Crippen LogP contribution in [0.4, 0.5) is 24.5 Å². The second kappa shape index (κ2) is 10.5. The van der Waals surface area contributed by atoms with Crippen molar-refractivity contribution in [2.75, 3.05) is 10.6 Å². The minimum atomic E-state index is -4.54. The number of para-hydroxylation sites is 2. The molecule has 0 bridgehead atoms. The highest BCUT2D eigenvalue weighted by molar-refractivity contribution is 6.01. The molecule has 3 aromatic rings. The number of benzene rings is 3. The monoisotopic (exact) mass is 684 g/mol. The number of anilines is 2. The van der Waals surface area contributed by atoms with Crippen molar-refractivity contribution in [1.29, 1.82) is 0 Å². The maximum absolute atomic E-state index is 14.6. The van der Waals surface area contributed by atoms with E-state index in [0.717, 1.165) is 35.0 Å². The second-order valence-corrected chi connectivity index (χ2v) is 14.5. The van der Waals surface area contributed by atoms with Gasteiger partial charge < -0.3 is 31.1 Å². The number of carbonyl (C=O) groups excluding carboxylic acids is 4. The smallest absolute Gasteiger partial charge is 0.364 e. The molecule has 9 unspecified atom stereocenters. The van der Waals surface area contributed by atoms with Crippen LogP contribution >= 0.6 is 0 Å². The maximum Gasteiger partial charge on any atom is 0.391 e. The highest BCUT2D eigenvalue weighted by atomic mass is 19.4. The number of hydrogen-bond acceptors (Lipinski definition) is 6. The van der Waals surface area contributed by atoms with Gasteiger partial charge in [-0.05, 0) is 48.1 Å². The third-order valence-electron chi connectivity index (χ3n) is 12.2. The molecule has 6 aliphatic heterocycles. The first-order valence-electron chi connectivity index (χ1n) is 17.0. The SMILES string of the molecule is CC(CC1NC(=O)C2CC3(C45CC6C(=O)NC(Cc7ccccc7)C(=O)N6C4Nc4ccccc45)c4ccccc4NC3N2C1=O)C(F)(F)F. The van der Waals surface area contributed by atoms with Gasteiger partial charge in [0.25, 0.3) is 0 Å². The third-order valence-corrected chi connectivity index (χ3v) is 12.2. The quantitative estimate of drug-likeness (QED) is 0.327. The van der Waals surface area contributed by atoms with Crippen molar-refractivity contribution in [1.82, 2.24) is 20.4 Å². The van der Waals surface area contributed by atoms with Gasteiger partial charge in [-0.15, -0.1) is 0 Å². The summed E-state index contributed by atoms with van der Waals surface area (Å²) in [6.45, 7) is 1.01. The largest absolute Gasteiger partial charge is 0.391 e. The molecule has 4 saturated heterocycles.